The molecule has 1 amide bonds. The van der Waals surface area contributed by atoms with Crippen molar-refractivity contribution >= 4 is 23.0 Å². The molecule has 0 bridgehead atoms. The number of hydrazone groups is 1. The van der Waals surface area contributed by atoms with E-state index in [4.69, 9.17) is 0 Å². The highest BCUT2D eigenvalue weighted by Crippen LogP contribution is 2.37. The number of rotatable bonds is 4. The molecule has 1 unspecified atom stereocenters. The number of phenols is 1. The Morgan fingerprint density at radius 1 is 1.15 bits per heavy atom. The van der Waals surface area contributed by atoms with Crippen LogP contribution in [0.5, 0.6) is 5.75 Å². The molecule has 2 aliphatic heterocycles. The van der Waals surface area contributed by atoms with Crippen molar-refractivity contribution in [3.63, 3.8) is 0 Å². The molecule has 1 saturated heterocycles. The van der Waals surface area contributed by atoms with E-state index in [1.807, 2.05) is 29.6 Å². The Morgan fingerprint density at radius 3 is 2.69 bits per heavy atom. The zero-order valence-electron chi connectivity index (χ0n) is 14.7. The van der Waals surface area contributed by atoms with E-state index in [1.165, 1.54) is 6.42 Å². The predicted molar refractivity (Wildman–Crippen MR) is 103 cm³/mol. The number of nitrogens with zero attached hydrogens (tertiary/aromatic N) is 3. The van der Waals surface area contributed by atoms with E-state index in [1.54, 1.807) is 28.5 Å². The molecule has 1 aromatic heterocycles. The summed E-state index contributed by atoms with van der Waals surface area (Å²) in [4.78, 5) is 16.3. The molecule has 0 radical (unpaired) electrons. The molecule has 1 N–H and O–H groups in total. The second kappa shape index (κ2) is 7.60. The fourth-order valence-electron chi connectivity index (χ4n) is 3.72. The molecule has 26 heavy (non-hydrogen) atoms. The molecule has 6 heteroatoms. The van der Waals surface area contributed by atoms with Gasteiger partial charge in [-0.2, -0.15) is 5.10 Å². The Kier molecular flexibility index (Phi) is 5.04. The van der Waals surface area contributed by atoms with Crippen LogP contribution < -0.4 is 0 Å². The summed E-state index contributed by atoms with van der Waals surface area (Å²) in [6.07, 6.45) is 4.18. The van der Waals surface area contributed by atoms with Gasteiger partial charge in [0.25, 0.3) is 5.91 Å². The molecule has 1 atom stereocenters. The molecule has 2 aliphatic rings. The highest BCUT2D eigenvalue weighted by atomic mass is 32.1. The highest BCUT2D eigenvalue weighted by Gasteiger charge is 2.35. The van der Waals surface area contributed by atoms with Crippen molar-refractivity contribution < 1.29 is 9.90 Å². The molecule has 4 rings (SSSR count). The van der Waals surface area contributed by atoms with Crippen LogP contribution in [0.3, 0.4) is 0 Å². The van der Waals surface area contributed by atoms with Crippen molar-refractivity contribution in [2.45, 2.75) is 31.7 Å². The normalized spacial score (nSPS) is 21.0. The molecule has 0 saturated carbocycles. The van der Waals surface area contributed by atoms with E-state index in [0.29, 0.717) is 13.0 Å². The summed E-state index contributed by atoms with van der Waals surface area (Å²) in [5.74, 6) is 0.225. The van der Waals surface area contributed by atoms with Gasteiger partial charge in [0.15, 0.2) is 0 Å². The standard InChI is InChI=1S/C20H23N3O2S/c24-18-8-3-2-7-15(18)17-13-16(19-9-6-12-26-19)21-23(17)20(25)14-22-10-4-1-5-11-22/h2-3,6-9,12,17,24H,1,4-5,10-11,13-14H2. The van der Waals surface area contributed by atoms with Crippen molar-refractivity contribution in [2.75, 3.05) is 19.6 Å². The van der Waals surface area contributed by atoms with E-state index in [-0.39, 0.29) is 17.7 Å². The lowest BCUT2D eigenvalue weighted by atomic mass is 10.00. The molecule has 136 valence electrons. The first-order chi connectivity index (χ1) is 12.7. The first-order valence-electron chi connectivity index (χ1n) is 9.16. The lowest BCUT2D eigenvalue weighted by molar-refractivity contribution is -0.134. The Bertz CT molecular complexity index is 797. The molecule has 5 nitrogen and oxygen atoms in total. The summed E-state index contributed by atoms with van der Waals surface area (Å²) >= 11 is 1.63. The van der Waals surface area contributed by atoms with Gasteiger partial charge in [-0.3, -0.25) is 9.69 Å². The average Bonchev–Trinajstić information content (AvgIpc) is 3.33. The quantitative estimate of drug-likeness (QED) is 0.896. The summed E-state index contributed by atoms with van der Waals surface area (Å²) in [6.45, 7) is 2.34. The van der Waals surface area contributed by atoms with Crippen LogP contribution in [0.15, 0.2) is 46.9 Å². The number of phenolic OH excluding ortho intramolecular Hbond substituents is 1. The van der Waals surface area contributed by atoms with Gasteiger partial charge in [0.05, 0.1) is 23.2 Å². The minimum atomic E-state index is -0.245. The first-order valence-corrected chi connectivity index (χ1v) is 10.0. The summed E-state index contributed by atoms with van der Waals surface area (Å²) < 4.78 is 0. The molecule has 1 fully saturated rings. The van der Waals surface area contributed by atoms with Crippen LogP contribution in [0.4, 0.5) is 0 Å². The van der Waals surface area contributed by atoms with Crippen molar-refractivity contribution in [1.29, 1.82) is 0 Å². The number of piperidine rings is 1. The minimum absolute atomic E-state index is 0.00621. The molecular formula is C20H23N3O2S. The number of aromatic hydroxyl groups is 1. The number of para-hydroxylation sites is 1. The molecule has 2 aromatic rings. The predicted octanol–water partition coefficient (Wildman–Crippen LogP) is 3.62. The summed E-state index contributed by atoms with van der Waals surface area (Å²) in [6, 6.07) is 11.0. The average molecular weight is 369 g/mol. The van der Waals surface area contributed by atoms with Gasteiger partial charge in [-0.15, -0.1) is 11.3 Å². The molecule has 0 aliphatic carbocycles. The number of hydrogen-bond donors (Lipinski definition) is 1. The Labute approximate surface area is 157 Å². The lowest BCUT2D eigenvalue weighted by Gasteiger charge is -2.29. The van der Waals surface area contributed by atoms with E-state index in [0.717, 1.165) is 42.1 Å². The molecular weight excluding hydrogens is 346 g/mol. The number of carbonyl (C=O) groups excluding carboxylic acids is 1. The van der Waals surface area contributed by atoms with Gasteiger partial charge in [0.2, 0.25) is 0 Å². The Balaban J connectivity index is 1.60. The van der Waals surface area contributed by atoms with Gasteiger partial charge in [0, 0.05) is 12.0 Å². The third kappa shape index (κ3) is 3.52. The first kappa shape index (κ1) is 17.2. The second-order valence-electron chi connectivity index (χ2n) is 6.88. The maximum Gasteiger partial charge on any atom is 0.257 e. The number of hydrogen-bond acceptors (Lipinski definition) is 5. The highest BCUT2D eigenvalue weighted by molar-refractivity contribution is 7.12. The smallest absolute Gasteiger partial charge is 0.257 e. The monoisotopic (exact) mass is 369 g/mol. The fourth-order valence-corrected chi connectivity index (χ4v) is 4.45. The number of carbonyl (C=O) groups is 1. The SMILES string of the molecule is O=C(CN1CCCCC1)N1N=C(c2cccs2)CC1c1ccccc1O. The van der Waals surface area contributed by atoms with Crippen molar-refractivity contribution in [3.8, 4) is 5.75 Å². The van der Waals surface area contributed by atoms with Crippen LogP contribution in [-0.4, -0.2) is 46.3 Å². The van der Waals surface area contributed by atoms with Crippen LogP contribution in [-0.2, 0) is 4.79 Å². The van der Waals surface area contributed by atoms with Crippen LogP contribution in [0.1, 0.15) is 42.2 Å². The maximum absolute atomic E-state index is 13.0. The molecule has 3 heterocycles. The Morgan fingerprint density at radius 2 is 1.96 bits per heavy atom. The zero-order valence-corrected chi connectivity index (χ0v) is 15.5. The van der Waals surface area contributed by atoms with E-state index in [9.17, 15) is 9.90 Å². The fraction of sp³-hybridized carbons (Fsp3) is 0.400. The third-order valence-corrected chi connectivity index (χ3v) is 5.99. The maximum atomic E-state index is 13.0. The number of benzene rings is 1. The van der Waals surface area contributed by atoms with Crippen molar-refractivity contribution in [1.82, 2.24) is 9.91 Å². The summed E-state index contributed by atoms with van der Waals surface area (Å²) in [5.41, 5.74) is 1.68. The van der Waals surface area contributed by atoms with Gasteiger partial charge in [-0.1, -0.05) is 30.7 Å². The van der Waals surface area contributed by atoms with Gasteiger partial charge in [0.1, 0.15) is 5.75 Å². The van der Waals surface area contributed by atoms with Crippen molar-refractivity contribution in [3.05, 3.63) is 52.2 Å². The minimum Gasteiger partial charge on any atom is -0.508 e. The number of amides is 1. The number of likely N-dealkylation sites (tertiary alicyclic amines) is 1. The van der Waals surface area contributed by atoms with Crippen LogP contribution in [0.25, 0.3) is 0 Å². The van der Waals surface area contributed by atoms with Gasteiger partial charge in [-0.05, 0) is 43.4 Å². The van der Waals surface area contributed by atoms with E-state index >= 15 is 0 Å². The number of thiophene rings is 1. The largest absolute Gasteiger partial charge is 0.508 e. The zero-order chi connectivity index (χ0) is 17.9. The van der Waals surface area contributed by atoms with Crippen molar-refractivity contribution in [2.24, 2.45) is 5.10 Å². The van der Waals surface area contributed by atoms with Gasteiger partial charge in [-0.25, -0.2) is 5.01 Å². The second-order valence-corrected chi connectivity index (χ2v) is 7.83. The lowest BCUT2D eigenvalue weighted by Crippen LogP contribution is -2.40. The van der Waals surface area contributed by atoms with Gasteiger partial charge < -0.3 is 5.11 Å². The van der Waals surface area contributed by atoms with E-state index in [2.05, 4.69) is 10.0 Å². The topological polar surface area (TPSA) is 56.1 Å². The third-order valence-electron chi connectivity index (χ3n) is 5.07. The molecule has 1 aromatic carbocycles. The summed E-state index contributed by atoms with van der Waals surface area (Å²) in [7, 11) is 0. The van der Waals surface area contributed by atoms with Crippen LogP contribution in [0.2, 0.25) is 0 Å². The van der Waals surface area contributed by atoms with Crippen LogP contribution >= 0.6 is 11.3 Å². The summed E-state index contributed by atoms with van der Waals surface area (Å²) in [5, 5.41) is 18.6. The molecule has 0 spiro atoms. The van der Waals surface area contributed by atoms with Gasteiger partial charge >= 0.3 is 0 Å². The van der Waals surface area contributed by atoms with Crippen LogP contribution in [0, 0.1) is 0 Å². The van der Waals surface area contributed by atoms with E-state index < -0.39 is 0 Å². The Hall–Kier alpha value is -2.18.